The molecule has 24 heavy (non-hydrogen) atoms. The molecule has 0 saturated carbocycles. The Bertz CT molecular complexity index is 759. The van der Waals surface area contributed by atoms with Crippen molar-refractivity contribution in [2.75, 3.05) is 0 Å². The molecular formula is C17H21NO5S. The summed E-state index contributed by atoms with van der Waals surface area (Å²) in [4.78, 5) is 10.9. The molecular weight excluding hydrogens is 330 g/mol. The molecule has 2 rings (SSSR count). The van der Waals surface area contributed by atoms with E-state index >= 15 is 0 Å². The number of hydrogen-bond donors (Lipinski definition) is 2. The second-order valence-electron chi connectivity index (χ2n) is 5.28. The van der Waals surface area contributed by atoms with E-state index in [1.54, 1.807) is 18.2 Å². The molecule has 0 unspecified atom stereocenters. The summed E-state index contributed by atoms with van der Waals surface area (Å²) in [5, 5.41) is 11.8. The maximum Gasteiger partial charge on any atom is 0.294 e. The highest BCUT2D eigenvalue weighted by atomic mass is 32.2. The van der Waals surface area contributed by atoms with Gasteiger partial charge in [0.05, 0.1) is 4.90 Å². The van der Waals surface area contributed by atoms with E-state index in [9.17, 15) is 13.2 Å². The molecule has 0 atom stereocenters. The van der Waals surface area contributed by atoms with Crippen LogP contribution in [-0.2, 0) is 14.9 Å². The maximum atomic E-state index is 11.0. The fourth-order valence-electron chi connectivity index (χ4n) is 1.94. The van der Waals surface area contributed by atoms with Gasteiger partial charge in [-0.3, -0.25) is 9.35 Å². The summed E-state index contributed by atoms with van der Waals surface area (Å²) in [5.41, 5.74) is 2.29. The molecule has 1 aliphatic carbocycles. The van der Waals surface area contributed by atoms with Crippen molar-refractivity contribution in [2.45, 2.75) is 38.0 Å². The van der Waals surface area contributed by atoms with Crippen LogP contribution >= 0.6 is 0 Å². The zero-order valence-corrected chi connectivity index (χ0v) is 14.5. The maximum absolute atomic E-state index is 11.0. The summed E-state index contributed by atoms with van der Waals surface area (Å²) in [6.07, 6.45) is 7.36. The van der Waals surface area contributed by atoms with Crippen LogP contribution in [0.4, 0.5) is 0 Å². The minimum absolute atomic E-state index is 0.0292. The number of carbonyl (C=O) groups is 1. The number of benzene rings is 1. The molecule has 6 nitrogen and oxygen atoms in total. The Labute approximate surface area is 142 Å². The Morgan fingerprint density at radius 1 is 1.12 bits per heavy atom. The van der Waals surface area contributed by atoms with E-state index in [0.29, 0.717) is 5.71 Å². The third-order valence-electron chi connectivity index (χ3n) is 3.28. The zero-order chi connectivity index (χ0) is 18.2. The van der Waals surface area contributed by atoms with Crippen molar-refractivity contribution in [3.8, 4) is 0 Å². The van der Waals surface area contributed by atoms with Gasteiger partial charge in [-0.15, -0.1) is 0 Å². The quantitative estimate of drug-likeness (QED) is 0.375. The van der Waals surface area contributed by atoms with Crippen molar-refractivity contribution in [1.82, 2.24) is 0 Å². The van der Waals surface area contributed by atoms with E-state index in [1.807, 2.05) is 6.92 Å². The largest absolute Gasteiger partial charge is 0.410 e. The van der Waals surface area contributed by atoms with Crippen molar-refractivity contribution >= 4 is 21.6 Å². The normalized spacial score (nSPS) is 15.7. The lowest BCUT2D eigenvalue weighted by molar-refractivity contribution is -0.110. The number of ketones is 1. The van der Waals surface area contributed by atoms with Gasteiger partial charge in [0.25, 0.3) is 10.1 Å². The molecule has 0 bridgehead atoms. The highest BCUT2D eigenvalue weighted by Crippen LogP contribution is 2.14. The molecule has 0 saturated heterocycles. The first-order valence-electron chi connectivity index (χ1n) is 7.47. The van der Waals surface area contributed by atoms with Gasteiger partial charge in [0, 0.05) is 0 Å². The van der Waals surface area contributed by atoms with Crippen LogP contribution in [0.1, 0.15) is 31.7 Å². The van der Waals surface area contributed by atoms with Crippen molar-refractivity contribution in [2.24, 2.45) is 5.16 Å². The molecule has 0 fully saturated rings. The van der Waals surface area contributed by atoms with Gasteiger partial charge >= 0.3 is 0 Å². The van der Waals surface area contributed by atoms with Gasteiger partial charge in [0.2, 0.25) is 0 Å². The number of hydrogen-bond acceptors (Lipinski definition) is 5. The number of oxime groups is 1. The summed E-state index contributed by atoms with van der Waals surface area (Å²) < 4.78 is 29.6. The monoisotopic (exact) mass is 351 g/mol. The first kappa shape index (κ1) is 19.8. The lowest BCUT2D eigenvalue weighted by Crippen LogP contribution is -2.08. The van der Waals surface area contributed by atoms with Crippen molar-refractivity contribution < 1.29 is 23.0 Å². The highest BCUT2D eigenvalue weighted by Gasteiger charge is 2.11. The molecule has 0 amide bonds. The second-order valence-corrected chi connectivity index (χ2v) is 6.70. The summed E-state index contributed by atoms with van der Waals surface area (Å²) in [5.74, 6) is -0.0292. The molecule has 0 radical (unpaired) electrons. The first-order chi connectivity index (χ1) is 11.3. The minimum Gasteiger partial charge on any atom is -0.410 e. The van der Waals surface area contributed by atoms with Crippen LogP contribution in [0.3, 0.4) is 0 Å². The first-order valence-corrected chi connectivity index (χ1v) is 8.91. The van der Waals surface area contributed by atoms with Crippen LogP contribution in [0.25, 0.3) is 0 Å². The molecule has 7 heteroatoms. The van der Waals surface area contributed by atoms with Gasteiger partial charge in [-0.2, -0.15) is 8.42 Å². The van der Waals surface area contributed by atoms with E-state index in [-0.39, 0.29) is 10.7 Å². The standard InChI is InChI=1S/C10H13NO2.C7H8O3S/c1-2-3-4-8-7-9(12)5-6-10(8)11-13;1-6-2-4-7(5-3-6)11(8,9)10/h5-7,13H,2-4H2,1H3;2-5H,1H3,(H,8,9,10). The van der Waals surface area contributed by atoms with E-state index in [4.69, 9.17) is 9.76 Å². The Morgan fingerprint density at radius 3 is 2.25 bits per heavy atom. The van der Waals surface area contributed by atoms with Gasteiger partial charge in [-0.25, -0.2) is 0 Å². The summed E-state index contributed by atoms with van der Waals surface area (Å²) in [6.45, 7) is 3.92. The predicted molar refractivity (Wildman–Crippen MR) is 92.0 cm³/mol. The highest BCUT2D eigenvalue weighted by molar-refractivity contribution is 7.85. The number of unbranched alkanes of at least 4 members (excludes halogenated alkanes) is 1. The fourth-order valence-corrected chi connectivity index (χ4v) is 2.42. The van der Waals surface area contributed by atoms with Gasteiger partial charge in [0.15, 0.2) is 5.78 Å². The lowest BCUT2D eigenvalue weighted by Gasteiger charge is -2.07. The fraction of sp³-hybridized carbons (Fsp3) is 0.294. The van der Waals surface area contributed by atoms with Crippen LogP contribution in [-0.4, -0.2) is 29.7 Å². The molecule has 0 spiro atoms. The van der Waals surface area contributed by atoms with Gasteiger partial charge in [0.1, 0.15) is 5.71 Å². The average Bonchev–Trinajstić information content (AvgIpc) is 2.53. The Morgan fingerprint density at radius 2 is 1.75 bits per heavy atom. The number of allylic oxidation sites excluding steroid dienone is 4. The third-order valence-corrected chi connectivity index (χ3v) is 4.15. The molecule has 2 N–H and O–H groups in total. The van der Waals surface area contributed by atoms with Gasteiger partial charge in [-0.1, -0.05) is 36.2 Å². The molecule has 0 aromatic heterocycles. The van der Waals surface area contributed by atoms with E-state index < -0.39 is 10.1 Å². The van der Waals surface area contributed by atoms with Crippen LogP contribution in [0, 0.1) is 6.92 Å². The topological polar surface area (TPSA) is 104 Å². The van der Waals surface area contributed by atoms with Crippen molar-refractivity contribution in [3.05, 3.63) is 53.6 Å². The molecule has 0 heterocycles. The average molecular weight is 351 g/mol. The van der Waals surface area contributed by atoms with E-state index in [0.717, 1.165) is 30.4 Å². The summed E-state index contributed by atoms with van der Waals surface area (Å²) in [7, 11) is -4.02. The van der Waals surface area contributed by atoms with E-state index in [1.165, 1.54) is 24.3 Å². The Kier molecular flexibility index (Phi) is 7.54. The van der Waals surface area contributed by atoms with Crippen molar-refractivity contribution in [1.29, 1.82) is 0 Å². The lowest BCUT2D eigenvalue weighted by atomic mass is 9.98. The number of rotatable bonds is 4. The van der Waals surface area contributed by atoms with Gasteiger partial charge < -0.3 is 5.21 Å². The number of nitrogens with zero attached hydrogens (tertiary/aromatic N) is 1. The van der Waals surface area contributed by atoms with Crippen LogP contribution in [0.2, 0.25) is 0 Å². The summed E-state index contributed by atoms with van der Waals surface area (Å²) >= 11 is 0. The van der Waals surface area contributed by atoms with Crippen LogP contribution in [0.5, 0.6) is 0 Å². The predicted octanol–water partition coefficient (Wildman–Crippen LogP) is 3.31. The van der Waals surface area contributed by atoms with Gasteiger partial charge in [-0.05, 0) is 55.7 Å². The number of carbonyl (C=O) groups excluding carboxylic acids is 1. The van der Waals surface area contributed by atoms with Crippen molar-refractivity contribution in [3.63, 3.8) is 0 Å². The third kappa shape index (κ3) is 6.47. The van der Waals surface area contributed by atoms with Crippen LogP contribution in [0.15, 0.2) is 58.1 Å². The molecule has 1 aromatic carbocycles. The smallest absolute Gasteiger partial charge is 0.294 e. The molecule has 0 aliphatic heterocycles. The van der Waals surface area contributed by atoms with Crippen LogP contribution < -0.4 is 0 Å². The molecule has 1 aliphatic rings. The SMILES string of the molecule is CCCCC1=CC(=O)C=CC1=NO.Cc1ccc(S(=O)(=O)O)cc1. The Balaban J connectivity index is 0.000000243. The van der Waals surface area contributed by atoms with E-state index in [2.05, 4.69) is 12.1 Å². The minimum atomic E-state index is -4.02. The Hall–Kier alpha value is -2.25. The number of aryl methyl sites for hydroxylation is 1. The molecule has 1 aromatic rings. The summed E-state index contributed by atoms with van der Waals surface area (Å²) in [6, 6.07) is 5.99. The zero-order valence-electron chi connectivity index (χ0n) is 13.6. The second kappa shape index (κ2) is 9.14. The molecule has 130 valence electrons.